The number of aldehydes is 1. The van der Waals surface area contributed by atoms with Crippen LogP contribution in [-0.2, 0) is 10.2 Å². The van der Waals surface area contributed by atoms with Crippen molar-refractivity contribution in [1.82, 2.24) is 20.1 Å². The van der Waals surface area contributed by atoms with Crippen LogP contribution >= 0.6 is 11.6 Å². The fourth-order valence-corrected chi connectivity index (χ4v) is 5.06. The van der Waals surface area contributed by atoms with Crippen LogP contribution < -0.4 is 14.8 Å². The zero-order valence-corrected chi connectivity index (χ0v) is 23.6. The number of nitrogens with one attached hydrogen (secondary N) is 1. The first-order chi connectivity index (χ1) is 20.8. The smallest absolute Gasteiger partial charge is 0.398 e. The van der Waals surface area contributed by atoms with Crippen molar-refractivity contribution < 1.29 is 41.0 Å². The highest BCUT2D eigenvalue weighted by atomic mass is 35.5. The minimum atomic E-state index is -4.91. The minimum Gasteiger partial charge on any atom is -0.494 e. The average molecular weight is 634 g/mol. The lowest BCUT2D eigenvalue weighted by Crippen LogP contribution is -2.36. The number of rotatable bonds is 8. The van der Waals surface area contributed by atoms with Crippen molar-refractivity contribution in [3.63, 3.8) is 0 Å². The van der Waals surface area contributed by atoms with Gasteiger partial charge < -0.3 is 19.6 Å². The van der Waals surface area contributed by atoms with Gasteiger partial charge in [-0.15, -0.1) is 0 Å². The second-order valence-electron chi connectivity index (χ2n) is 10.2. The molecule has 0 spiro atoms. The van der Waals surface area contributed by atoms with E-state index in [9.17, 15) is 36.8 Å². The van der Waals surface area contributed by atoms with Gasteiger partial charge in [0.1, 0.15) is 47.6 Å². The van der Waals surface area contributed by atoms with E-state index in [0.29, 0.717) is 11.0 Å². The second kappa shape index (κ2) is 11.4. The Balaban J connectivity index is 1.54. The SMILES string of the molecule is COc1cc(C(=O)NCC(c2cc3c(c(-c4ccc(C#N)c(Cl)c4)n2)OCC3(C)C=O)C(F)(F)F)cc2cn(C(F)F)nc12. The second-order valence-corrected chi connectivity index (χ2v) is 10.6. The number of amides is 1. The topological polar surface area (TPSA) is 119 Å². The largest absolute Gasteiger partial charge is 0.494 e. The average Bonchev–Trinajstić information content (AvgIpc) is 3.57. The molecule has 44 heavy (non-hydrogen) atoms. The third kappa shape index (κ3) is 5.50. The number of hydrogen-bond donors (Lipinski definition) is 1. The van der Waals surface area contributed by atoms with Crippen molar-refractivity contribution in [2.24, 2.45) is 0 Å². The number of pyridine rings is 1. The number of carbonyl (C=O) groups excluding carboxylic acids is 2. The lowest BCUT2D eigenvalue weighted by molar-refractivity contribution is -0.149. The molecule has 2 aromatic carbocycles. The summed E-state index contributed by atoms with van der Waals surface area (Å²) in [5.74, 6) is -3.21. The predicted molar refractivity (Wildman–Crippen MR) is 147 cm³/mol. The molecular formula is C29H21ClF5N5O4. The first-order valence-electron chi connectivity index (χ1n) is 12.8. The highest BCUT2D eigenvalue weighted by molar-refractivity contribution is 6.32. The van der Waals surface area contributed by atoms with Crippen LogP contribution in [-0.4, -0.2) is 53.4 Å². The molecule has 0 radical (unpaired) electrons. The van der Waals surface area contributed by atoms with Gasteiger partial charge in [-0.3, -0.25) is 4.79 Å². The van der Waals surface area contributed by atoms with Gasteiger partial charge in [0.25, 0.3) is 5.91 Å². The fraction of sp³-hybridized carbons (Fsp3) is 0.276. The van der Waals surface area contributed by atoms with Gasteiger partial charge in [0.15, 0.2) is 0 Å². The van der Waals surface area contributed by atoms with Crippen molar-refractivity contribution in [3.8, 4) is 28.8 Å². The number of fused-ring (bicyclic) bond motifs is 2. The van der Waals surface area contributed by atoms with E-state index < -0.39 is 42.2 Å². The fourth-order valence-electron chi connectivity index (χ4n) is 4.84. The van der Waals surface area contributed by atoms with E-state index in [1.54, 1.807) is 0 Å². The first-order valence-corrected chi connectivity index (χ1v) is 13.2. The summed E-state index contributed by atoms with van der Waals surface area (Å²) in [7, 11) is 1.23. The summed E-state index contributed by atoms with van der Waals surface area (Å²) in [6.45, 7) is -2.56. The molecule has 5 rings (SSSR count). The molecule has 0 bridgehead atoms. The molecule has 0 saturated heterocycles. The molecule has 9 nitrogen and oxygen atoms in total. The van der Waals surface area contributed by atoms with Crippen molar-refractivity contribution in [2.75, 3.05) is 20.3 Å². The Morgan fingerprint density at radius 3 is 2.66 bits per heavy atom. The molecule has 2 aromatic heterocycles. The number of carbonyl (C=O) groups is 2. The summed E-state index contributed by atoms with van der Waals surface area (Å²) < 4.78 is 81.1. The van der Waals surface area contributed by atoms with Gasteiger partial charge in [-0.2, -0.15) is 32.3 Å². The number of benzene rings is 2. The molecule has 0 saturated carbocycles. The van der Waals surface area contributed by atoms with Gasteiger partial charge in [-0.25, -0.2) is 9.67 Å². The van der Waals surface area contributed by atoms with Crippen LogP contribution in [0.5, 0.6) is 11.5 Å². The summed E-state index contributed by atoms with van der Waals surface area (Å²) >= 11 is 6.18. The Labute approximate surface area is 251 Å². The van der Waals surface area contributed by atoms with Gasteiger partial charge >= 0.3 is 12.7 Å². The van der Waals surface area contributed by atoms with E-state index in [0.717, 1.165) is 12.3 Å². The van der Waals surface area contributed by atoms with Gasteiger partial charge in [0.05, 0.1) is 28.8 Å². The van der Waals surface area contributed by atoms with Crippen LogP contribution in [0.25, 0.3) is 22.2 Å². The monoisotopic (exact) mass is 633 g/mol. The molecule has 15 heteroatoms. The van der Waals surface area contributed by atoms with E-state index in [2.05, 4.69) is 15.4 Å². The third-order valence-electron chi connectivity index (χ3n) is 7.24. The number of nitriles is 1. The summed E-state index contributed by atoms with van der Waals surface area (Å²) in [6.07, 6.45) is -3.36. The van der Waals surface area contributed by atoms with E-state index >= 15 is 0 Å². The molecule has 3 heterocycles. The lowest BCUT2D eigenvalue weighted by Gasteiger charge is -2.23. The van der Waals surface area contributed by atoms with Gasteiger partial charge in [0, 0.05) is 34.8 Å². The number of aromatic nitrogens is 3. The highest BCUT2D eigenvalue weighted by Gasteiger charge is 2.45. The molecule has 1 N–H and O–H groups in total. The van der Waals surface area contributed by atoms with Crippen molar-refractivity contribution >= 4 is 34.7 Å². The quantitative estimate of drug-likeness (QED) is 0.188. The molecule has 1 aliphatic rings. The molecule has 0 aliphatic carbocycles. The van der Waals surface area contributed by atoms with Crippen LogP contribution in [0.1, 0.15) is 46.6 Å². The van der Waals surface area contributed by atoms with Crippen molar-refractivity contribution in [3.05, 3.63) is 70.0 Å². The molecular weight excluding hydrogens is 613 g/mol. The number of methoxy groups -OCH3 is 1. The Morgan fingerprint density at radius 2 is 2.05 bits per heavy atom. The van der Waals surface area contributed by atoms with E-state index in [1.807, 2.05) is 6.07 Å². The summed E-state index contributed by atoms with van der Waals surface area (Å²) in [5, 5.41) is 15.3. The van der Waals surface area contributed by atoms with Crippen LogP contribution in [0.4, 0.5) is 22.0 Å². The van der Waals surface area contributed by atoms with Crippen LogP contribution in [0.15, 0.2) is 42.6 Å². The maximum Gasteiger partial charge on any atom is 0.398 e. The summed E-state index contributed by atoms with van der Waals surface area (Å²) in [6, 6.07) is 9.59. The lowest BCUT2D eigenvalue weighted by atomic mass is 9.84. The molecule has 2 atom stereocenters. The Kier molecular flexibility index (Phi) is 7.94. The molecule has 2 unspecified atom stereocenters. The Bertz CT molecular complexity index is 1840. The maximum atomic E-state index is 14.5. The number of ether oxygens (including phenoxy) is 2. The standard InChI is InChI=1S/C29H21ClF5N5O4/c1-28(12-41)13-44-25-18(28)8-21(38-24(25)14-3-4-15(9-36)20(30)6-14)19(29(33,34)35)10-37-26(42)16-5-17-11-40(27(31)32)39-23(17)22(7-16)43-2/h3-8,11-12,19,27H,10,13H2,1-2H3,(H,37,42). The molecule has 1 aliphatic heterocycles. The number of nitrogens with zero attached hydrogens (tertiary/aromatic N) is 4. The Morgan fingerprint density at radius 1 is 1.30 bits per heavy atom. The van der Waals surface area contributed by atoms with E-state index in [-0.39, 0.29) is 62.0 Å². The third-order valence-corrected chi connectivity index (χ3v) is 7.55. The first kappa shape index (κ1) is 30.7. The van der Waals surface area contributed by atoms with Crippen molar-refractivity contribution in [1.29, 1.82) is 5.26 Å². The molecule has 4 aromatic rings. The van der Waals surface area contributed by atoms with Crippen LogP contribution in [0.2, 0.25) is 5.02 Å². The normalized spacial score (nSPS) is 16.7. The number of alkyl halides is 5. The zero-order valence-electron chi connectivity index (χ0n) is 22.9. The highest BCUT2D eigenvalue weighted by Crippen LogP contribution is 2.46. The van der Waals surface area contributed by atoms with E-state index in [1.165, 1.54) is 44.4 Å². The Hall–Kier alpha value is -4.77. The number of halogens is 6. The number of hydrogen-bond acceptors (Lipinski definition) is 7. The maximum absolute atomic E-state index is 14.5. The van der Waals surface area contributed by atoms with Crippen molar-refractivity contribution in [2.45, 2.75) is 31.0 Å². The zero-order chi connectivity index (χ0) is 32.0. The van der Waals surface area contributed by atoms with Gasteiger partial charge in [0.2, 0.25) is 0 Å². The van der Waals surface area contributed by atoms with Gasteiger partial charge in [-0.1, -0.05) is 17.7 Å². The predicted octanol–water partition coefficient (Wildman–Crippen LogP) is 5.95. The van der Waals surface area contributed by atoms with Crippen LogP contribution in [0, 0.1) is 11.3 Å². The molecule has 0 fully saturated rings. The summed E-state index contributed by atoms with van der Waals surface area (Å²) in [4.78, 5) is 29.3. The molecule has 1 amide bonds. The van der Waals surface area contributed by atoms with E-state index in [4.69, 9.17) is 21.1 Å². The van der Waals surface area contributed by atoms with Gasteiger partial charge in [-0.05, 0) is 37.3 Å². The minimum absolute atomic E-state index is 0.0266. The van der Waals surface area contributed by atoms with Crippen LogP contribution in [0.3, 0.4) is 0 Å². The summed E-state index contributed by atoms with van der Waals surface area (Å²) in [5.41, 5.74) is -1.38. The molecule has 228 valence electrons.